The van der Waals surface area contributed by atoms with Gasteiger partial charge in [0, 0.05) is 12.1 Å². The molecule has 14 heavy (non-hydrogen) atoms. The molecule has 0 heterocycles. The van der Waals surface area contributed by atoms with E-state index in [1.54, 1.807) is 18.2 Å². The molecule has 0 atom stereocenters. The molecule has 0 unspecified atom stereocenters. The number of halogens is 1. The van der Waals surface area contributed by atoms with Crippen molar-refractivity contribution in [2.75, 3.05) is 11.9 Å². The molecule has 0 saturated carbocycles. The van der Waals surface area contributed by atoms with Crippen LogP contribution in [-0.2, 0) is 0 Å². The lowest BCUT2D eigenvalue weighted by atomic mass is 10.2. The molecule has 0 aliphatic heterocycles. The second kappa shape index (κ2) is 4.86. The molecular formula is C10H13ClN2O. The van der Waals surface area contributed by atoms with Crippen molar-refractivity contribution < 1.29 is 4.79 Å². The summed E-state index contributed by atoms with van der Waals surface area (Å²) in [5.74, 6) is -0.443. The van der Waals surface area contributed by atoms with E-state index in [2.05, 4.69) is 12.2 Å². The lowest BCUT2D eigenvalue weighted by Gasteiger charge is -2.07. The van der Waals surface area contributed by atoms with E-state index < -0.39 is 5.91 Å². The first-order valence-electron chi connectivity index (χ1n) is 4.48. The third kappa shape index (κ3) is 2.64. The van der Waals surface area contributed by atoms with Gasteiger partial charge in [-0.2, -0.15) is 0 Å². The third-order valence-electron chi connectivity index (χ3n) is 1.82. The van der Waals surface area contributed by atoms with Crippen LogP contribution in [-0.4, -0.2) is 12.5 Å². The Kier molecular flexibility index (Phi) is 3.77. The molecule has 0 spiro atoms. The maximum absolute atomic E-state index is 10.9. The van der Waals surface area contributed by atoms with Crippen molar-refractivity contribution in [2.24, 2.45) is 5.73 Å². The Balaban J connectivity index is 2.90. The summed E-state index contributed by atoms with van der Waals surface area (Å²) in [4.78, 5) is 10.9. The molecule has 0 aliphatic rings. The molecular weight excluding hydrogens is 200 g/mol. The number of primary amides is 1. The van der Waals surface area contributed by atoms with E-state index in [1.807, 2.05) is 0 Å². The average Bonchev–Trinajstić information content (AvgIpc) is 2.16. The van der Waals surface area contributed by atoms with Crippen molar-refractivity contribution in [1.29, 1.82) is 0 Å². The van der Waals surface area contributed by atoms with Crippen LogP contribution in [0.2, 0.25) is 5.02 Å². The zero-order chi connectivity index (χ0) is 10.6. The van der Waals surface area contributed by atoms with Gasteiger partial charge in [-0.1, -0.05) is 18.5 Å². The summed E-state index contributed by atoms with van der Waals surface area (Å²) in [5.41, 5.74) is 6.37. The number of benzene rings is 1. The molecule has 4 heteroatoms. The minimum Gasteiger partial charge on any atom is -0.384 e. The van der Waals surface area contributed by atoms with E-state index in [0.29, 0.717) is 10.6 Å². The Morgan fingerprint density at radius 1 is 1.57 bits per heavy atom. The number of anilines is 1. The summed E-state index contributed by atoms with van der Waals surface area (Å²) in [6, 6.07) is 4.95. The maximum atomic E-state index is 10.9. The summed E-state index contributed by atoms with van der Waals surface area (Å²) in [7, 11) is 0. The number of hydrogen-bond donors (Lipinski definition) is 2. The van der Waals surface area contributed by atoms with Crippen LogP contribution in [0.5, 0.6) is 0 Å². The zero-order valence-corrected chi connectivity index (χ0v) is 8.77. The first kappa shape index (κ1) is 10.9. The molecule has 1 rings (SSSR count). The largest absolute Gasteiger partial charge is 0.384 e. The molecule has 0 fully saturated rings. The van der Waals surface area contributed by atoms with Crippen molar-refractivity contribution in [3.63, 3.8) is 0 Å². The number of carbonyl (C=O) groups is 1. The number of rotatable bonds is 4. The van der Waals surface area contributed by atoms with Crippen LogP contribution >= 0.6 is 11.6 Å². The Morgan fingerprint density at radius 2 is 2.29 bits per heavy atom. The molecule has 76 valence electrons. The monoisotopic (exact) mass is 212 g/mol. The fourth-order valence-corrected chi connectivity index (χ4v) is 1.26. The van der Waals surface area contributed by atoms with Crippen LogP contribution in [0.4, 0.5) is 5.69 Å². The molecule has 3 N–H and O–H groups in total. The molecule has 0 saturated heterocycles. The Morgan fingerprint density at radius 3 is 2.86 bits per heavy atom. The van der Waals surface area contributed by atoms with Crippen molar-refractivity contribution in [3.8, 4) is 0 Å². The zero-order valence-electron chi connectivity index (χ0n) is 8.01. The molecule has 1 aromatic rings. The van der Waals surface area contributed by atoms with Crippen LogP contribution in [0, 0.1) is 0 Å². The highest BCUT2D eigenvalue weighted by atomic mass is 35.5. The van der Waals surface area contributed by atoms with Gasteiger partial charge < -0.3 is 11.1 Å². The highest BCUT2D eigenvalue weighted by Crippen LogP contribution is 2.22. The van der Waals surface area contributed by atoms with Gasteiger partial charge in [0.25, 0.3) is 0 Å². The standard InChI is InChI=1S/C10H13ClN2O/c1-2-5-13-9-6-7(10(12)14)3-4-8(9)11/h3-4,6,13H,2,5H2,1H3,(H2,12,14). The summed E-state index contributed by atoms with van der Waals surface area (Å²) in [6.45, 7) is 2.88. The van der Waals surface area contributed by atoms with E-state index in [1.165, 1.54) is 0 Å². The number of nitrogens with two attached hydrogens (primary N) is 1. The van der Waals surface area contributed by atoms with Crippen LogP contribution in [0.25, 0.3) is 0 Å². The first-order valence-corrected chi connectivity index (χ1v) is 4.86. The first-order chi connectivity index (χ1) is 6.65. The molecule has 3 nitrogen and oxygen atoms in total. The highest BCUT2D eigenvalue weighted by molar-refractivity contribution is 6.33. The minimum absolute atomic E-state index is 0.443. The van der Waals surface area contributed by atoms with E-state index in [4.69, 9.17) is 17.3 Å². The van der Waals surface area contributed by atoms with Gasteiger partial charge in [-0.3, -0.25) is 4.79 Å². The second-order valence-electron chi connectivity index (χ2n) is 2.99. The van der Waals surface area contributed by atoms with E-state index in [0.717, 1.165) is 18.7 Å². The SMILES string of the molecule is CCCNc1cc(C(N)=O)ccc1Cl. The summed E-state index contributed by atoms with van der Waals surface area (Å²) in [5, 5.41) is 3.72. The van der Waals surface area contributed by atoms with Crippen molar-refractivity contribution in [1.82, 2.24) is 0 Å². The predicted octanol–water partition coefficient (Wildman–Crippen LogP) is 2.26. The third-order valence-corrected chi connectivity index (χ3v) is 2.15. The number of nitrogens with one attached hydrogen (secondary N) is 1. The fourth-order valence-electron chi connectivity index (χ4n) is 1.07. The summed E-state index contributed by atoms with van der Waals surface area (Å²) >= 11 is 5.92. The van der Waals surface area contributed by atoms with E-state index in [9.17, 15) is 4.79 Å². The maximum Gasteiger partial charge on any atom is 0.248 e. The topological polar surface area (TPSA) is 55.1 Å². The van der Waals surface area contributed by atoms with Gasteiger partial charge in [-0.05, 0) is 24.6 Å². The Bertz CT molecular complexity index is 339. The van der Waals surface area contributed by atoms with Crippen molar-refractivity contribution in [3.05, 3.63) is 28.8 Å². The molecule has 0 radical (unpaired) electrons. The molecule has 1 amide bonds. The van der Waals surface area contributed by atoms with Gasteiger partial charge in [0.2, 0.25) is 5.91 Å². The van der Waals surface area contributed by atoms with Crippen LogP contribution in [0.1, 0.15) is 23.7 Å². The summed E-state index contributed by atoms with van der Waals surface area (Å²) in [6.07, 6.45) is 0.997. The number of carbonyl (C=O) groups excluding carboxylic acids is 1. The molecule has 1 aromatic carbocycles. The Hall–Kier alpha value is -1.22. The second-order valence-corrected chi connectivity index (χ2v) is 3.39. The van der Waals surface area contributed by atoms with Crippen molar-refractivity contribution >= 4 is 23.2 Å². The quantitative estimate of drug-likeness (QED) is 0.805. The lowest BCUT2D eigenvalue weighted by molar-refractivity contribution is 0.100. The smallest absolute Gasteiger partial charge is 0.248 e. The molecule has 0 bridgehead atoms. The fraction of sp³-hybridized carbons (Fsp3) is 0.300. The molecule has 0 aliphatic carbocycles. The van der Waals surface area contributed by atoms with Gasteiger partial charge in [0.05, 0.1) is 10.7 Å². The normalized spacial score (nSPS) is 9.86. The number of amides is 1. The van der Waals surface area contributed by atoms with E-state index in [-0.39, 0.29) is 0 Å². The van der Waals surface area contributed by atoms with Gasteiger partial charge in [0.1, 0.15) is 0 Å². The minimum atomic E-state index is -0.443. The van der Waals surface area contributed by atoms with Crippen LogP contribution in [0.15, 0.2) is 18.2 Å². The van der Waals surface area contributed by atoms with Gasteiger partial charge >= 0.3 is 0 Å². The lowest BCUT2D eigenvalue weighted by Crippen LogP contribution is -2.11. The predicted molar refractivity (Wildman–Crippen MR) is 58.8 cm³/mol. The van der Waals surface area contributed by atoms with Gasteiger partial charge in [0.15, 0.2) is 0 Å². The highest BCUT2D eigenvalue weighted by Gasteiger charge is 2.04. The van der Waals surface area contributed by atoms with Crippen LogP contribution < -0.4 is 11.1 Å². The number of hydrogen-bond acceptors (Lipinski definition) is 2. The average molecular weight is 213 g/mol. The summed E-state index contributed by atoms with van der Waals surface area (Å²) < 4.78 is 0. The van der Waals surface area contributed by atoms with E-state index >= 15 is 0 Å². The van der Waals surface area contributed by atoms with Gasteiger partial charge in [-0.25, -0.2) is 0 Å². The Labute approximate surface area is 88.2 Å². The van der Waals surface area contributed by atoms with Gasteiger partial charge in [-0.15, -0.1) is 0 Å². The van der Waals surface area contributed by atoms with Crippen LogP contribution in [0.3, 0.4) is 0 Å². The molecule has 0 aromatic heterocycles. The van der Waals surface area contributed by atoms with Crippen molar-refractivity contribution in [2.45, 2.75) is 13.3 Å².